The summed E-state index contributed by atoms with van der Waals surface area (Å²) in [4.78, 5) is 7.30. The van der Waals surface area contributed by atoms with Gasteiger partial charge in [-0.1, -0.05) is 24.7 Å². The first kappa shape index (κ1) is 11.0. The Balaban J connectivity index is 2.36. The van der Waals surface area contributed by atoms with Crippen molar-refractivity contribution in [2.75, 3.05) is 20.1 Å². The predicted molar refractivity (Wildman–Crippen MR) is 59.2 cm³/mol. The first-order valence-corrected chi connectivity index (χ1v) is 4.98. The van der Waals surface area contributed by atoms with Gasteiger partial charge in [-0.25, -0.2) is 0 Å². The fourth-order valence-electron chi connectivity index (χ4n) is 1.25. The van der Waals surface area contributed by atoms with E-state index >= 15 is 0 Å². The third kappa shape index (κ3) is 3.75. The van der Waals surface area contributed by atoms with Crippen molar-refractivity contribution in [1.82, 2.24) is 4.90 Å². The highest BCUT2D eigenvalue weighted by Gasteiger charge is 2.05. The zero-order valence-electron chi connectivity index (χ0n) is 8.99. The fourth-order valence-corrected chi connectivity index (χ4v) is 1.25. The molecule has 0 bridgehead atoms. The number of hydrogen-bond acceptors (Lipinski definition) is 3. The van der Waals surface area contributed by atoms with Crippen LogP contribution < -0.4 is 0 Å². The maximum atomic E-state index is 5.04. The van der Waals surface area contributed by atoms with E-state index in [9.17, 15) is 0 Å². The second kappa shape index (κ2) is 5.60. The Kier molecular flexibility index (Phi) is 4.40. The molecule has 0 amide bonds. The molecule has 0 spiro atoms. The summed E-state index contributed by atoms with van der Waals surface area (Å²) in [7, 11) is 2.10. The van der Waals surface area contributed by atoms with Gasteiger partial charge in [0.1, 0.15) is 5.76 Å². The van der Waals surface area contributed by atoms with Crippen LogP contribution in [-0.2, 0) is 4.84 Å². The molecule has 0 aromatic heterocycles. The minimum Gasteiger partial charge on any atom is -0.362 e. The summed E-state index contributed by atoms with van der Waals surface area (Å²) < 4.78 is 0. The van der Waals surface area contributed by atoms with Crippen molar-refractivity contribution < 1.29 is 4.84 Å². The summed E-state index contributed by atoms with van der Waals surface area (Å²) >= 11 is 0. The third-order valence-electron chi connectivity index (χ3n) is 2.16. The van der Waals surface area contributed by atoms with Gasteiger partial charge in [0.15, 0.2) is 0 Å². The van der Waals surface area contributed by atoms with E-state index in [-0.39, 0.29) is 0 Å². The SMILES string of the molecule is C=C(CC)O/N=C/C1=CCCN(C)C1. The lowest BCUT2D eigenvalue weighted by atomic mass is 10.1. The molecule has 0 radical (unpaired) electrons. The molecule has 14 heavy (non-hydrogen) atoms. The highest BCUT2D eigenvalue weighted by molar-refractivity contribution is 5.78. The Morgan fingerprint density at radius 3 is 3.21 bits per heavy atom. The summed E-state index contributed by atoms with van der Waals surface area (Å²) in [6.07, 6.45) is 5.86. The second-order valence-electron chi connectivity index (χ2n) is 3.52. The van der Waals surface area contributed by atoms with Crippen molar-refractivity contribution >= 4 is 6.21 Å². The van der Waals surface area contributed by atoms with E-state index in [0.29, 0.717) is 5.76 Å². The van der Waals surface area contributed by atoms with Gasteiger partial charge in [-0.3, -0.25) is 0 Å². The molecular weight excluding hydrogens is 176 g/mol. The molecule has 0 saturated heterocycles. The van der Waals surface area contributed by atoms with Gasteiger partial charge >= 0.3 is 0 Å². The van der Waals surface area contributed by atoms with Crippen LogP contribution in [-0.4, -0.2) is 31.3 Å². The molecule has 1 rings (SSSR count). The fraction of sp³-hybridized carbons (Fsp3) is 0.545. The molecule has 78 valence electrons. The van der Waals surface area contributed by atoms with E-state index in [1.54, 1.807) is 6.21 Å². The number of rotatable bonds is 4. The Morgan fingerprint density at radius 2 is 2.57 bits per heavy atom. The number of oxime groups is 1. The first-order chi connectivity index (χ1) is 6.72. The molecule has 3 nitrogen and oxygen atoms in total. The molecular formula is C11H18N2O. The van der Waals surface area contributed by atoms with Gasteiger partial charge in [0.05, 0.1) is 6.21 Å². The van der Waals surface area contributed by atoms with Crippen LogP contribution in [0.4, 0.5) is 0 Å². The highest BCUT2D eigenvalue weighted by atomic mass is 16.6. The quantitative estimate of drug-likeness (QED) is 0.389. The van der Waals surface area contributed by atoms with Gasteiger partial charge in [-0.2, -0.15) is 0 Å². The predicted octanol–water partition coefficient (Wildman–Crippen LogP) is 2.17. The molecule has 0 N–H and O–H groups in total. The molecule has 1 aliphatic rings. The highest BCUT2D eigenvalue weighted by Crippen LogP contribution is 2.06. The normalized spacial score (nSPS) is 18.3. The lowest BCUT2D eigenvalue weighted by Gasteiger charge is -2.20. The zero-order chi connectivity index (χ0) is 10.4. The smallest absolute Gasteiger partial charge is 0.127 e. The van der Waals surface area contributed by atoms with Crippen LogP contribution in [0.25, 0.3) is 0 Å². The molecule has 0 fully saturated rings. The summed E-state index contributed by atoms with van der Waals surface area (Å²) in [6.45, 7) is 7.77. The summed E-state index contributed by atoms with van der Waals surface area (Å²) in [6, 6.07) is 0. The Morgan fingerprint density at radius 1 is 1.79 bits per heavy atom. The Hall–Kier alpha value is -1.09. The number of hydrogen-bond donors (Lipinski definition) is 0. The van der Waals surface area contributed by atoms with Crippen LogP contribution in [0.3, 0.4) is 0 Å². The minimum atomic E-state index is 0.700. The van der Waals surface area contributed by atoms with E-state index in [4.69, 9.17) is 4.84 Å². The monoisotopic (exact) mass is 194 g/mol. The molecule has 0 aliphatic carbocycles. The second-order valence-corrected chi connectivity index (χ2v) is 3.52. The molecule has 0 unspecified atom stereocenters. The first-order valence-electron chi connectivity index (χ1n) is 4.98. The van der Waals surface area contributed by atoms with Crippen LogP contribution in [0.1, 0.15) is 19.8 Å². The summed E-state index contributed by atoms with van der Waals surface area (Å²) in [5, 5.41) is 3.88. The van der Waals surface area contributed by atoms with E-state index in [1.165, 1.54) is 5.57 Å². The molecule has 0 aromatic carbocycles. The molecule has 1 aliphatic heterocycles. The van der Waals surface area contributed by atoms with Crippen LogP contribution in [0.2, 0.25) is 0 Å². The average molecular weight is 194 g/mol. The lowest BCUT2D eigenvalue weighted by molar-refractivity contribution is 0.222. The van der Waals surface area contributed by atoms with Crippen LogP contribution >= 0.6 is 0 Å². The largest absolute Gasteiger partial charge is 0.362 e. The van der Waals surface area contributed by atoms with Crippen molar-refractivity contribution in [3.63, 3.8) is 0 Å². The summed E-state index contributed by atoms with van der Waals surface area (Å²) in [5.41, 5.74) is 1.21. The van der Waals surface area contributed by atoms with E-state index in [1.807, 2.05) is 6.92 Å². The molecule has 0 saturated carbocycles. The molecule has 3 heteroatoms. The van der Waals surface area contributed by atoms with E-state index in [0.717, 1.165) is 25.9 Å². The summed E-state index contributed by atoms with van der Waals surface area (Å²) in [5.74, 6) is 0.700. The van der Waals surface area contributed by atoms with Crippen molar-refractivity contribution in [2.24, 2.45) is 5.16 Å². The Labute approximate surface area is 85.7 Å². The van der Waals surface area contributed by atoms with Gasteiger partial charge < -0.3 is 9.74 Å². The lowest BCUT2D eigenvalue weighted by Crippen LogP contribution is -2.25. The average Bonchev–Trinajstić information content (AvgIpc) is 2.17. The van der Waals surface area contributed by atoms with E-state index < -0.39 is 0 Å². The van der Waals surface area contributed by atoms with Crippen LogP contribution in [0, 0.1) is 0 Å². The van der Waals surface area contributed by atoms with Crippen molar-refractivity contribution in [3.8, 4) is 0 Å². The number of nitrogens with zero attached hydrogens (tertiary/aromatic N) is 2. The molecule has 0 atom stereocenters. The van der Waals surface area contributed by atoms with E-state index in [2.05, 4.69) is 29.8 Å². The van der Waals surface area contributed by atoms with Crippen molar-refractivity contribution in [1.29, 1.82) is 0 Å². The minimum absolute atomic E-state index is 0.700. The Bertz CT molecular complexity index is 256. The van der Waals surface area contributed by atoms with Crippen molar-refractivity contribution in [2.45, 2.75) is 19.8 Å². The molecule has 1 heterocycles. The maximum absolute atomic E-state index is 5.04. The van der Waals surface area contributed by atoms with Crippen LogP contribution in [0.15, 0.2) is 29.1 Å². The number of allylic oxidation sites excluding steroid dienone is 1. The van der Waals surface area contributed by atoms with Crippen LogP contribution in [0.5, 0.6) is 0 Å². The molecule has 0 aromatic rings. The maximum Gasteiger partial charge on any atom is 0.127 e. The third-order valence-corrected chi connectivity index (χ3v) is 2.16. The zero-order valence-corrected chi connectivity index (χ0v) is 8.99. The van der Waals surface area contributed by atoms with Crippen molar-refractivity contribution in [3.05, 3.63) is 24.0 Å². The van der Waals surface area contributed by atoms with Gasteiger partial charge in [0, 0.05) is 19.5 Å². The van der Waals surface area contributed by atoms with Gasteiger partial charge in [-0.15, -0.1) is 0 Å². The van der Waals surface area contributed by atoms with Gasteiger partial charge in [0.2, 0.25) is 0 Å². The topological polar surface area (TPSA) is 24.8 Å². The van der Waals surface area contributed by atoms with Gasteiger partial charge in [-0.05, 0) is 19.0 Å². The number of likely N-dealkylation sites (N-methyl/N-ethyl adjacent to an activating group) is 1. The standard InChI is InChI=1S/C11H18N2O/c1-4-10(2)14-12-8-11-6-5-7-13(3)9-11/h6,8H,2,4-5,7,9H2,1,3H3/b12-8+. The van der Waals surface area contributed by atoms with Gasteiger partial charge in [0.25, 0.3) is 0 Å².